The first-order valence-corrected chi connectivity index (χ1v) is 5.02. The first-order valence-electron chi connectivity index (χ1n) is 5.02. The number of hydrogen-bond donors (Lipinski definition) is 1. The van der Waals surface area contributed by atoms with Gasteiger partial charge in [-0.05, 0) is 26.2 Å². The van der Waals surface area contributed by atoms with Crippen LogP contribution in [0.1, 0.15) is 33.1 Å². The zero-order valence-corrected chi connectivity index (χ0v) is 8.40. The Labute approximate surface area is 80.0 Å². The number of aliphatic hydroxyl groups is 1. The van der Waals surface area contributed by atoms with Gasteiger partial charge in [0.2, 0.25) is 0 Å². The summed E-state index contributed by atoms with van der Waals surface area (Å²) < 4.78 is 0. The molecule has 0 aromatic heterocycles. The van der Waals surface area contributed by atoms with Crippen LogP contribution in [-0.2, 0) is 0 Å². The lowest BCUT2D eigenvalue weighted by Gasteiger charge is -2.38. The maximum Gasteiger partial charge on any atom is 0.0978 e. The molecule has 0 saturated carbocycles. The van der Waals surface area contributed by atoms with Crippen molar-refractivity contribution in [1.82, 2.24) is 4.90 Å². The Balaban J connectivity index is 2.60. The minimum atomic E-state index is -0.237. The van der Waals surface area contributed by atoms with Crippen LogP contribution in [0.25, 0.3) is 0 Å². The van der Waals surface area contributed by atoms with E-state index in [1.165, 1.54) is 0 Å². The van der Waals surface area contributed by atoms with Crippen molar-refractivity contribution in [2.45, 2.75) is 51.3 Å². The number of hydrogen-bond acceptors (Lipinski definition) is 3. The van der Waals surface area contributed by atoms with E-state index >= 15 is 0 Å². The van der Waals surface area contributed by atoms with Gasteiger partial charge in [0, 0.05) is 12.6 Å². The molecule has 0 aromatic rings. The molecule has 0 aliphatic carbocycles. The van der Waals surface area contributed by atoms with Gasteiger partial charge in [-0.3, -0.25) is 4.90 Å². The lowest BCUT2D eigenvalue weighted by molar-refractivity contribution is 0.0266. The summed E-state index contributed by atoms with van der Waals surface area (Å²) in [5.74, 6) is 0. The van der Waals surface area contributed by atoms with Crippen molar-refractivity contribution in [2.75, 3.05) is 6.54 Å². The van der Waals surface area contributed by atoms with E-state index in [1.54, 1.807) is 0 Å². The molecule has 1 aliphatic rings. The maximum atomic E-state index is 9.49. The molecule has 74 valence electrons. The lowest BCUT2D eigenvalue weighted by atomic mass is 9.99. The second kappa shape index (κ2) is 4.59. The minimum Gasteiger partial charge on any atom is -0.392 e. The summed E-state index contributed by atoms with van der Waals surface area (Å²) >= 11 is 0. The molecule has 0 spiro atoms. The molecule has 1 fully saturated rings. The zero-order chi connectivity index (χ0) is 9.84. The highest BCUT2D eigenvalue weighted by molar-refractivity contribution is 4.95. The Morgan fingerprint density at radius 1 is 1.62 bits per heavy atom. The fraction of sp³-hybridized carbons (Fsp3) is 0.900. The Morgan fingerprint density at radius 3 is 2.85 bits per heavy atom. The van der Waals surface area contributed by atoms with Crippen LogP contribution >= 0.6 is 0 Å². The summed E-state index contributed by atoms with van der Waals surface area (Å²) in [5, 5.41) is 18.4. The molecule has 1 heterocycles. The highest BCUT2D eigenvalue weighted by Crippen LogP contribution is 2.20. The average molecular weight is 182 g/mol. The third-order valence-corrected chi connectivity index (χ3v) is 2.84. The fourth-order valence-electron chi connectivity index (χ4n) is 1.95. The van der Waals surface area contributed by atoms with E-state index in [-0.39, 0.29) is 12.1 Å². The molecule has 13 heavy (non-hydrogen) atoms. The van der Waals surface area contributed by atoms with Crippen LogP contribution < -0.4 is 0 Å². The number of rotatable bonds is 2. The van der Waals surface area contributed by atoms with Crippen molar-refractivity contribution < 1.29 is 5.11 Å². The van der Waals surface area contributed by atoms with Gasteiger partial charge in [0.15, 0.2) is 0 Å². The predicted molar refractivity (Wildman–Crippen MR) is 51.1 cm³/mol. The highest BCUT2D eigenvalue weighted by Gasteiger charge is 2.28. The summed E-state index contributed by atoms with van der Waals surface area (Å²) in [6.45, 7) is 4.81. The van der Waals surface area contributed by atoms with Crippen molar-refractivity contribution in [1.29, 1.82) is 5.26 Å². The molecule has 0 aromatic carbocycles. The van der Waals surface area contributed by atoms with E-state index in [4.69, 9.17) is 5.26 Å². The quantitative estimate of drug-likeness (QED) is 0.696. The van der Waals surface area contributed by atoms with Gasteiger partial charge in [0.05, 0.1) is 18.2 Å². The Kier molecular flexibility index (Phi) is 3.71. The van der Waals surface area contributed by atoms with Crippen molar-refractivity contribution in [2.24, 2.45) is 0 Å². The average Bonchev–Trinajstić information content (AvgIpc) is 2.13. The zero-order valence-electron chi connectivity index (χ0n) is 8.40. The molecule has 1 N–H and O–H groups in total. The molecular formula is C10H18N2O. The second-order valence-electron chi connectivity index (χ2n) is 3.83. The second-order valence-corrected chi connectivity index (χ2v) is 3.83. The number of nitrogens with zero attached hydrogens (tertiary/aromatic N) is 2. The largest absolute Gasteiger partial charge is 0.392 e. The fourth-order valence-corrected chi connectivity index (χ4v) is 1.95. The number of aliphatic hydroxyl groups excluding tert-OH is 1. The Morgan fingerprint density at radius 2 is 2.31 bits per heavy atom. The summed E-state index contributed by atoms with van der Waals surface area (Å²) in [4.78, 5) is 2.12. The summed E-state index contributed by atoms with van der Waals surface area (Å²) in [7, 11) is 0. The van der Waals surface area contributed by atoms with Crippen LogP contribution in [0.4, 0.5) is 0 Å². The van der Waals surface area contributed by atoms with Crippen molar-refractivity contribution in [3.8, 4) is 6.07 Å². The van der Waals surface area contributed by atoms with Crippen LogP contribution in [0.2, 0.25) is 0 Å². The molecule has 0 bridgehead atoms. The summed E-state index contributed by atoms with van der Waals surface area (Å²) in [5.41, 5.74) is 0. The van der Waals surface area contributed by atoms with Gasteiger partial charge in [0.25, 0.3) is 0 Å². The van der Waals surface area contributed by atoms with Gasteiger partial charge in [-0.15, -0.1) is 0 Å². The van der Waals surface area contributed by atoms with E-state index in [2.05, 4.69) is 17.9 Å². The molecule has 3 nitrogen and oxygen atoms in total. The van der Waals surface area contributed by atoms with Crippen LogP contribution in [0, 0.1) is 11.3 Å². The minimum absolute atomic E-state index is 0.0232. The van der Waals surface area contributed by atoms with Crippen molar-refractivity contribution >= 4 is 0 Å². The maximum absolute atomic E-state index is 9.49. The topological polar surface area (TPSA) is 47.3 Å². The van der Waals surface area contributed by atoms with Gasteiger partial charge in [-0.2, -0.15) is 5.26 Å². The smallest absolute Gasteiger partial charge is 0.0978 e. The summed E-state index contributed by atoms with van der Waals surface area (Å²) in [6.07, 6.45) is 2.48. The van der Waals surface area contributed by atoms with Gasteiger partial charge >= 0.3 is 0 Å². The van der Waals surface area contributed by atoms with E-state index < -0.39 is 0 Å². The molecule has 1 aliphatic heterocycles. The standard InChI is InChI=1S/C10H18N2O/c1-3-9(6-11)12-7-10(13)5-4-8(12)2/h8-10,13H,3-5,7H2,1-2H3. The van der Waals surface area contributed by atoms with Crippen LogP contribution in [-0.4, -0.2) is 34.7 Å². The van der Waals surface area contributed by atoms with Crippen LogP contribution in [0.3, 0.4) is 0 Å². The van der Waals surface area contributed by atoms with Crippen LogP contribution in [0.5, 0.6) is 0 Å². The Hall–Kier alpha value is -0.590. The third kappa shape index (κ3) is 2.43. The normalized spacial score (nSPS) is 32.5. The van der Waals surface area contributed by atoms with Crippen molar-refractivity contribution in [3.05, 3.63) is 0 Å². The van der Waals surface area contributed by atoms with E-state index in [0.717, 1.165) is 19.3 Å². The van der Waals surface area contributed by atoms with Crippen molar-refractivity contribution in [3.63, 3.8) is 0 Å². The van der Waals surface area contributed by atoms with Gasteiger partial charge in [0.1, 0.15) is 0 Å². The number of β-amino-alcohol motifs (C(OH)–C–C–N with tert-alkyl or cyclic N) is 1. The van der Waals surface area contributed by atoms with Gasteiger partial charge < -0.3 is 5.11 Å². The lowest BCUT2D eigenvalue weighted by Crippen LogP contribution is -2.48. The molecule has 0 amide bonds. The van der Waals surface area contributed by atoms with E-state index in [9.17, 15) is 5.11 Å². The molecule has 1 rings (SSSR count). The Bertz CT molecular complexity index is 200. The molecule has 3 atom stereocenters. The SMILES string of the molecule is CCC(C#N)N1CC(O)CCC1C. The molecule has 1 saturated heterocycles. The molecule has 0 radical (unpaired) electrons. The first-order chi connectivity index (χ1) is 6.19. The number of nitriles is 1. The van der Waals surface area contributed by atoms with Gasteiger partial charge in [-0.25, -0.2) is 0 Å². The third-order valence-electron chi connectivity index (χ3n) is 2.84. The van der Waals surface area contributed by atoms with E-state index in [1.807, 2.05) is 6.92 Å². The van der Waals surface area contributed by atoms with Crippen LogP contribution in [0.15, 0.2) is 0 Å². The first kappa shape index (κ1) is 10.5. The van der Waals surface area contributed by atoms with E-state index in [0.29, 0.717) is 12.6 Å². The highest BCUT2D eigenvalue weighted by atomic mass is 16.3. The molecule has 3 unspecified atom stereocenters. The number of likely N-dealkylation sites (tertiary alicyclic amines) is 1. The molecule has 3 heteroatoms. The number of piperidine rings is 1. The van der Waals surface area contributed by atoms with Gasteiger partial charge in [-0.1, -0.05) is 6.92 Å². The predicted octanol–water partition coefficient (Wildman–Crippen LogP) is 1.13. The summed E-state index contributed by atoms with van der Waals surface area (Å²) in [6, 6.07) is 2.70. The molecular weight excluding hydrogens is 164 g/mol. The monoisotopic (exact) mass is 182 g/mol.